The van der Waals surface area contributed by atoms with Gasteiger partial charge in [-0.25, -0.2) is 0 Å². The van der Waals surface area contributed by atoms with Gasteiger partial charge in [-0.1, -0.05) is 66.0 Å². The van der Waals surface area contributed by atoms with Crippen molar-refractivity contribution in [1.29, 1.82) is 0 Å². The Morgan fingerprint density at radius 3 is 2.19 bits per heavy atom. The van der Waals surface area contributed by atoms with Crippen LogP contribution in [-0.4, -0.2) is 52.7 Å². The standard InChI is InChI=1S/C25H48O4Si2/c1-17(26)16-20-12-13-21-23(27-20)18(2)19(3)24(28-21)22(14-15-30(7,8)9)29-31(10,11)25(4,5)6/h14-15,18-24H,12-13,16H2,1-11H3/b15-14+/t18-,19?,20-,21+,22+,23-,24-/m1/s1. The lowest BCUT2D eigenvalue weighted by molar-refractivity contribution is -0.237. The summed E-state index contributed by atoms with van der Waals surface area (Å²) in [7, 11) is -3.32. The lowest BCUT2D eigenvalue weighted by atomic mass is 9.77. The van der Waals surface area contributed by atoms with Gasteiger partial charge in [-0.05, 0) is 49.7 Å². The van der Waals surface area contributed by atoms with E-state index in [4.69, 9.17) is 13.9 Å². The molecule has 2 aliphatic heterocycles. The second-order valence-electron chi connectivity index (χ2n) is 12.6. The van der Waals surface area contributed by atoms with Crippen molar-refractivity contribution < 1.29 is 18.7 Å². The van der Waals surface area contributed by atoms with Crippen LogP contribution in [0, 0.1) is 11.8 Å². The third-order valence-corrected chi connectivity index (χ3v) is 13.2. The molecule has 0 aromatic carbocycles. The highest BCUT2D eigenvalue weighted by molar-refractivity contribution is 6.81. The van der Waals surface area contributed by atoms with Crippen LogP contribution in [0.4, 0.5) is 0 Å². The van der Waals surface area contributed by atoms with Crippen LogP contribution < -0.4 is 0 Å². The maximum Gasteiger partial charge on any atom is 0.193 e. The van der Waals surface area contributed by atoms with E-state index in [0.717, 1.165) is 12.8 Å². The molecular weight excluding hydrogens is 420 g/mol. The summed E-state index contributed by atoms with van der Waals surface area (Å²) < 4.78 is 20.1. The number of ketones is 1. The van der Waals surface area contributed by atoms with Gasteiger partial charge in [0.05, 0.1) is 38.6 Å². The Kier molecular flexibility index (Phi) is 8.63. The van der Waals surface area contributed by atoms with Crippen LogP contribution in [0.5, 0.6) is 0 Å². The first-order valence-corrected chi connectivity index (χ1v) is 18.7. The van der Waals surface area contributed by atoms with Crippen molar-refractivity contribution in [1.82, 2.24) is 0 Å². The summed E-state index contributed by atoms with van der Waals surface area (Å²) in [5, 5.41) is 0.151. The maximum absolute atomic E-state index is 11.6. The quantitative estimate of drug-likeness (QED) is 0.407. The van der Waals surface area contributed by atoms with Gasteiger partial charge in [0.15, 0.2) is 8.32 Å². The summed E-state index contributed by atoms with van der Waals surface area (Å²) in [6.07, 6.45) is 4.90. The predicted octanol–water partition coefficient (Wildman–Crippen LogP) is 6.38. The van der Waals surface area contributed by atoms with Gasteiger partial charge in [-0.2, -0.15) is 0 Å². The van der Waals surface area contributed by atoms with Crippen molar-refractivity contribution >= 4 is 22.2 Å². The van der Waals surface area contributed by atoms with Crippen LogP contribution in [-0.2, 0) is 18.7 Å². The largest absolute Gasteiger partial charge is 0.408 e. The number of ether oxygens (including phenoxy) is 2. The van der Waals surface area contributed by atoms with Crippen LogP contribution >= 0.6 is 0 Å². The number of carbonyl (C=O) groups excluding carboxylic acids is 1. The predicted molar refractivity (Wildman–Crippen MR) is 135 cm³/mol. The van der Waals surface area contributed by atoms with E-state index in [1.54, 1.807) is 6.92 Å². The first-order chi connectivity index (χ1) is 14.0. The molecule has 0 aliphatic carbocycles. The van der Waals surface area contributed by atoms with E-state index in [0.29, 0.717) is 18.3 Å². The number of Topliss-reactive ketones (excluding diaryl/α,β-unsaturated/α-hetero) is 1. The molecule has 0 amide bonds. The molecule has 0 N–H and O–H groups in total. The van der Waals surface area contributed by atoms with Gasteiger partial charge in [0, 0.05) is 6.42 Å². The molecule has 7 atom stereocenters. The topological polar surface area (TPSA) is 44.8 Å². The molecule has 180 valence electrons. The van der Waals surface area contributed by atoms with Crippen molar-refractivity contribution in [2.45, 2.75) is 129 Å². The minimum atomic E-state index is -1.96. The van der Waals surface area contributed by atoms with E-state index in [-0.39, 0.29) is 41.3 Å². The van der Waals surface area contributed by atoms with Crippen LogP contribution in [0.2, 0.25) is 37.8 Å². The summed E-state index contributed by atoms with van der Waals surface area (Å²) in [6, 6.07) is 0. The molecule has 0 spiro atoms. The van der Waals surface area contributed by atoms with E-state index in [2.05, 4.69) is 79.1 Å². The molecule has 2 fully saturated rings. The number of carbonyl (C=O) groups is 1. The van der Waals surface area contributed by atoms with Gasteiger partial charge in [0.2, 0.25) is 0 Å². The van der Waals surface area contributed by atoms with E-state index in [9.17, 15) is 4.79 Å². The fourth-order valence-electron chi connectivity index (χ4n) is 4.39. The molecule has 0 aromatic heterocycles. The van der Waals surface area contributed by atoms with E-state index in [1.165, 1.54) is 0 Å². The van der Waals surface area contributed by atoms with Gasteiger partial charge in [-0.15, -0.1) is 0 Å². The summed E-state index contributed by atoms with van der Waals surface area (Å²) in [6.45, 7) is 24.9. The highest BCUT2D eigenvalue weighted by Crippen LogP contribution is 2.43. The fraction of sp³-hybridized carbons (Fsp3) is 0.880. The zero-order valence-corrected chi connectivity index (χ0v) is 24.0. The molecule has 0 saturated carbocycles. The molecule has 0 bridgehead atoms. The summed E-state index contributed by atoms with van der Waals surface area (Å²) in [5.74, 6) is 0.890. The number of hydrogen-bond donors (Lipinski definition) is 0. The second kappa shape index (κ2) is 9.92. The molecule has 6 heteroatoms. The van der Waals surface area contributed by atoms with Gasteiger partial charge in [0.25, 0.3) is 0 Å². The Morgan fingerprint density at radius 2 is 1.68 bits per heavy atom. The molecule has 2 rings (SSSR count). The summed E-state index contributed by atoms with van der Waals surface area (Å²) in [5.41, 5.74) is 2.41. The molecule has 4 nitrogen and oxygen atoms in total. The van der Waals surface area contributed by atoms with Gasteiger partial charge in [-0.3, -0.25) is 4.79 Å². The lowest BCUT2D eigenvalue weighted by Crippen LogP contribution is -2.58. The van der Waals surface area contributed by atoms with E-state index in [1.807, 2.05) is 0 Å². The monoisotopic (exact) mass is 468 g/mol. The van der Waals surface area contributed by atoms with Crippen LogP contribution in [0.1, 0.15) is 60.8 Å². The molecule has 2 saturated heterocycles. The zero-order chi connectivity index (χ0) is 23.8. The Bertz CT molecular complexity index is 645. The fourth-order valence-corrected chi connectivity index (χ4v) is 6.40. The highest BCUT2D eigenvalue weighted by Gasteiger charge is 2.49. The van der Waals surface area contributed by atoms with Crippen LogP contribution in [0.3, 0.4) is 0 Å². The number of fused-ring (bicyclic) bond motifs is 1. The molecule has 1 unspecified atom stereocenters. The summed E-state index contributed by atoms with van der Waals surface area (Å²) in [4.78, 5) is 11.6. The number of rotatable bonds is 7. The maximum atomic E-state index is 11.6. The molecule has 0 aromatic rings. The van der Waals surface area contributed by atoms with E-state index < -0.39 is 16.4 Å². The Labute approximate surface area is 193 Å². The van der Waals surface area contributed by atoms with Crippen molar-refractivity contribution in [3.8, 4) is 0 Å². The third-order valence-electron chi connectivity index (χ3n) is 7.55. The molecule has 31 heavy (non-hydrogen) atoms. The Hall–Kier alpha value is -0.276. The van der Waals surface area contributed by atoms with E-state index >= 15 is 0 Å². The minimum absolute atomic E-state index is 0.0269. The van der Waals surface area contributed by atoms with Crippen molar-refractivity contribution in [3.05, 3.63) is 11.8 Å². The van der Waals surface area contributed by atoms with Crippen molar-refractivity contribution in [2.75, 3.05) is 0 Å². The average Bonchev–Trinajstić information content (AvgIpc) is 2.60. The Balaban J connectivity index is 2.26. The smallest absolute Gasteiger partial charge is 0.193 e. The number of hydrogen-bond acceptors (Lipinski definition) is 4. The van der Waals surface area contributed by atoms with Crippen LogP contribution in [0.15, 0.2) is 11.8 Å². The van der Waals surface area contributed by atoms with Gasteiger partial charge >= 0.3 is 0 Å². The summed E-state index contributed by atoms with van der Waals surface area (Å²) >= 11 is 0. The van der Waals surface area contributed by atoms with Crippen molar-refractivity contribution in [3.63, 3.8) is 0 Å². The molecule has 2 aliphatic rings. The second-order valence-corrected chi connectivity index (χ2v) is 22.5. The zero-order valence-electron chi connectivity index (χ0n) is 22.0. The lowest BCUT2D eigenvalue weighted by Gasteiger charge is -2.51. The van der Waals surface area contributed by atoms with Crippen LogP contribution in [0.25, 0.3) is 0 Å². The molecular formula is C25H48O4Si2. The average molecular weight is 469 g/mol. The SMILES string of the molecule is CC(=O)C[C@H]1CC[C@@H]2O[C@@H]([C@H](/C=C/[Si](C)(C)C)O[Si](C)(C)C(C)(C)C)C(C)[C@@H](C)[C@H]2O1. The normalized spacial score (nSPS) is 33.9. The van der Waals surface area contributed by atoms with Gasteiger partial charge < -0.3 is 13.9 Å². The molecule has 0 radical (unpaired) electrons. The first kappa shape index (κ1) is 27.0. The Morgan fingerprint density at radius 1 is 1.06 bits per heavy atom. The molecule has 2 heterocycles. The third kappa shape index (κ3) is 7.10. The first-order valence-electron chi connectivity index (χ1n) is 12.2. The highest BCUT2D eigenvalue weighted by atomic mass is 28.4. The van der Waals surface area contributed by atoms with Gasteiger partial charge in [0.1, 0.15) is 5.78 Å². The minimum Gasteiger partial charge on any atom is -0.408 e. The van der Waals surface area contributed by atoms with Crippen molar-refractivity contribution in [2.24, 2.45) is 11.8 Å².